The molecule has 2 fully saturated rings. The molecule has 68 valence electrons. The van der Waals surface area contributed by atoms with E-state index in [1.54, 1.807) is 0 Å². The largest absolute Gasteiger partial charge is 0.364 e. The molecule has 0 N–H and O–H groups in total. The van der Waals surface area contributed by atoms with Crippen LogP contribution in [0.3, 0.4) is 0 Å². The second kappa shape index (κ2) is 1.75. The number of epoxide rings is 1. The van der Waals surface area contributed by atoms with E-state index in [1.165, 1.54) is 0 Å². The zero-order valence-electron chi connectivity index (χ0n) is 7.93. The highest BCUT2D eigenvalue weighted by molar-refractivity contribution is 5.96. The van der Waals surface area contributed by atoms with Gasteiger partial charge in [0.15, 0.2) is 11.4 Å². The minimum absolute atomic E-state index is 0.0810. The van der Waals surface area contributed by atoms with E-state index in [9.17, 15) is 4.79 Å². The molecule has 0 bridgehead atoms. The van der Waals surface area contributed by atoms with E-state index in [-0.39, 0.29) is 18.0 Å². The molecule has 0 aromatic heterocycles. The molecule has 2 heterocycles. The number of hydrogen-bond acceptors (Lipinski definition) is 3. The summed E-state index contributed by atoms with van der Waals surface area (Å²) in [6.07, 6.45) is 0. The molecule has 3 nitrogen and oxygen atoms in total. The summed E-state index contributed by atoms with van der Waals surface area (Å²) in [5.41, 5.74) is -1.47. The number of Topliss-reactive ketones (excluding diaryl/α,β-unsaturated/α-hetero) is 1. The molecule has 0 aliphatic carbocycles. The van der Waals surface area contributed by atoms with Crippen LogP contribution in [0.1, 0.15) is 27.7 Å². The molecule has 2 saturated heterocycles. The van der Waals surface area contributed by atoms with Crippen LogP contribution in [0.15, 0.2) is 0 Å². The van der Waals surface area contributed by atoms with Crippen molar-refractivity contribution in [2.24, 2.45) is 0 Å². The van der Waals surface area contributed by atoms with E-state index >= 15 is 0 Å². The molecule has 0 aromatic carbocycles. The van der Waals surface area contributed by atoms with Gasteiger partial charge in [0.1, 0.15) is 17.8 Å². The van der Waals surface area contributed by atoms with Gasteiger partial charge in [0.25, 0.3) is 0 Å². The van der Waals surface area contributed by atoms with E-state index in [2.05, 4.69) is 0 Å². The van der Waals surface area contributed by atoms with Gasteiger partial charge < -0.3 is 9.47 Å². The lowest BCUT2D eigenvalue weighted by Gasteiger charge is -2.22. The molecule has 2 aliphatic heterocycles. The Bertz CT molecular complexity index is 254. The monoisotopic (exact) mass is 170 g/mol. The average Bonchev–Trinajstić information content (AvgIpc) is 2.44. The topological polar surface area (TPSA) is 38.8 Å². The van der Waals surface area contributed by atoms with Crippen LogP contribution < -0.4 is 0 Å². The van der Waals surface area contributed by atoms with E-state index in [4.69, 9.17) is 9.47 Å². The highest BCUT2D eigenvalue weighted by Gasteiger charge is 2.78. The number of ether oxygens (including phenoxy) is 2. The van der Waals surface area contributed by atoms with Crippen LogP contribution >= 0.6 is 0 Å². The molecule has 0 aromatic rings. The van der Waals surface area contributed by atoms with E-state index < -0.39 is 11.2 Å². The smallest absolute Gasteiger partial charge is 0.196 e. The molecule has 0 saturated carbocycles. The fourth-order valence-electron chi connectivity index (χ4n) is 2.38. The van der Waals surface area contributed by atoms with Gasteiger partial charge in [-0.05, 0) is 27.7 Å². The SMILES string of the molecule is CC1(C)OCC(=O)C12OC2(C)C. The first-order valence-electron chi connectivity index (χ1n) is 4.21. The Balaban J connectivity index is 2.42. The first-order valence-corrected chi connectivity index (χ1v) is 4.21. The summed E-state index contributed by atoms with van der Waals surface area (Å²) in [7, 11) is 0. The van der Waals surface area contributed by atoms with E-state index in [0.717, 1.165) is 0 Å². The van der Waals surface area contributed by atoms with Gasteiger partial charge in [-0.25, -0.2) is 0 Å². The zero-order chi connectivity index (χ0) is 9.20. The van der Waals surface area contributed by atoms with E-state index in [0.29, 0.717) is 0 Å². The minimum atomic E-state index is -0.667. The zero-order valence-corrected chi connectivity index (χ0v) is 7.93. The Morgan fingerprint density at radius 1 is 1.17 bits per heavy atom. The Morgan fingerprint density at radius 3 is 1.83 bits per heavy atom. The van der Waals surface area contributed by atoms with Crippen LogP contribution in [-0.4, -0.2) is 29.2 Å². The lowest BCUT2D eigenvalue weighted by atomic mass is 9.81. The molecular weight excluding hydrogens is 156 g/mol. The maximum atomic E-state index is 11.5. The van der Waals surface area contributed by atoms with Crippen molar-refractivity contribution >= 4 is 5.78 Å². The van der Waals surface area contributed by atoms with Crippen LogP contribution in [0.2, 0.25) is 0 Å². The van der Waals surface area contributed by atoms with Gasteiger partial charge in [0.2, 0.25) is 0 Å². The minimum Gasteiger partial charge on any atom is -0.364 e. The van der Waals surface area contributed by atoms with Crippen molar-refractivity contribution in [1.29, 1.82) is 0 Å². The summed E-state index contributed by atoms with van der Waals surface area (Å²) in [6.45, 7) is 7.87. The lowest BCUT2D eigenvalue weighted by Crippen LogP contribution is -2.44. The van der Waals surface area contributed by atoms with Gasteiger partial charge in [-0.15, -0.1) is 0 Å². The molecule has 1 unspecified atom stereocenters. The fourth-order valence-corrected chi connectivity index (χ4v) is 2.38. The molecule has 0 amide bonds. The van der Waals surface area contributed by atoms with Crippen LogP contribution in [0.25, 0.3) is 0 Å². The third kappa shape index (κ3) is 0.627. The third-order valence-electron chi connectivity index (χ3n) is 3.02. The number of carbonyl (C=O) groups excluding carboxylic acids is 1. The average molecular weight is 170 g/mol. The molecule has 1 spiro atoms. The van der Waals surface area contributed by atoms with Crippen molar-refractivity contribution in [2.75, 3.05) is 6.61 Å². The van der Waals surface area contributed by atoms with Crippen molar-refractivity contribution in [3.63, 3.8) is 0 Å². The highest BCUT2D eigenvalue weighted by Crippen LogP contribution is 2.58. The van der Waals surface area contributed by atoms with Crippen LogP contribution in [0.5, 0.6) is 0 Å². The van der Waals surface area contributed by atoms with Crippen molar-refractivity contribution in [3.05, 3.63) is 0 Å². The van der Waals surface area contributed by atoms with Crippen molar-refractivity contribution < 1.29 is 14.3 Å². The number of ketones is 1. The molecular formula is C9H14O3. The van der Waals surface area contributed by atoms with E-state index in [1.807, 2.05) is 27.7 Å². The maximum absolute atomic E-state index is 11.5. The van der Waals surface area contributed by atoms with Gasteiger partial charge in [-0.1, -0.05) is 0 Å². The number of carbonyl (C=O) groups is 1. The quantitative estimate of drug-likeness (QED) is 0.507. The van der Waals surface area contributed by atoms with Crippen molar-refractivity contribution in [2.45, 2.75) is 44.5 Å². The van der Waals surface area contributed by atoms with Gasteiger partial charge in [0, 0.05) is 0 Å². The molecule has 0 radical (unpaired) electrons. The summed E-state index contributed by atoms with van der Waals surface area (Å²) in [6, 6.07) is 0. The van der Waals surface area contributed by atoms with Crippen LogP contribution in [-0.2, 0) is 14.3 Å². The Morgan fingerprint density at radius 2 is 1.67 bits per heavy atom. The molecule has 2 aliphatic rings. The molecule has 2 rings (SSSR count). The first kappa shape index (κ1) is 8.20. The Hall–Kier alpha value is -0.410. The summed E-state index contributed by atoms with van der Waals surface area (Å²) in [5, 5.41) is 0. The highest BCUT2D eigenvalue weighted by atomic mass is 16.7. The Kier molecular flexibility index (Phi) is 1.20. The van der Waals surface area contributed by atoms with Crippen molar-refractivity contribution in [3.8, 4) is 0 Å². The third-order valence-corrected chi connectivity index (χ3v) is 3.02. The molecule has 3 heteroatoms. The summed E-state index contributed by atoms with van der Waals surface area (Å²) in [4.78, 5) is 11.5. The van der Waals surface area contributed by atoms with Gasteiger partial charge in [0.05, 0.1) is 0 Å². The maximum Gasteiger partial charge on any atom is 0.196 e. The second-order valence-electron chi connectivity index (χ2n) is 4.52. The van der Waals surface area contributed by atoms with Crippen LogP contribution in [0, 0.1) is 0 Å². The second-order valence-corrected chi connectivity index (χ2v) is 4.52. The predicted octanol–water partition coefficient (Wildman–Crippen LogP) is 0.912. The summed E-state index contributed by atoms with van der Waals surface area (Å²) in [5.74, 6) is 0.0810. The van der Waals surface area contributed by atoms with Crippen LogP contribution in [0.4, 0.5) is 0 Å². The number of hydrogen-bond donors (Lipinski definition) is 0. The molecule has 12 heavy (non-hydrogen) atoms. The standard InChI is InChI=1S/C9H14O3/c1-7(2)9(6(10)5-11-7)8(3,4)12-9/h5H2,1-4H3. The van der Waals surface area contributed by atoms with Gasteiger partial charge >= 0.3 is 0 Å². The van der Waals surface area contributed by atoms with Crippen molar-refractivity contribution in [1.82, 2.24) is 0 Å². The normalized spacial score (nSPS) is 42.2. The first-order chi connectivity index (χ1) is 5.33. The van der Waals surface area contributed by atoms with Gasteiger partial charge in [-0.2, -0.15) is 0 Å². The Labute approximate surface area is 72.0 Å². The molecule has 1 atom stereocenters. The van der Waals surface area contributed by atoms with Gasteiger partial charge in [-0.3, -0.25) is 4.79 Å². The number of rotatable bonds is 0. The predicted molar refractivity (Wildman–Crippen MR) is 42.9 cm³/mol. The summed E-state index contributed by atoms with van der Waals surface area (Å²) >= 11 is 0. The lowest BCUT2D eigenvalue weighted by molar-refractivity contribution is -0.121. The summed E-state index contributed by atoms with van der Waals surface area (Å²) < 4.78 is 10.9. The fraction of sp³-hybridized carbons (Fsp3) is 0.889.